The second-order valence-corrected chi connectivity index (χ2v) is 8.05. The first-order chi connectivity index (χ1) is 9.91. The predicted molar refractivity (Wildman–Crippen MR) is 80.6 cm³/mol. The third-order valence-corrected chi connectivity index (χ3v) is 7.09. The van der Waals surface area contributed by atoms with Crippen molar-refractivity contribution in [3.8, 4) is 0 Å². The summed E-state index contributed by atoms with van der Waals surface area (Å²) in [6.07, 6.45) is 8.03. The van der Waals surface area contributed by atoms with Crippen molar-refractivity contribution in [3.63, 3.8) is 0 Å². The molecule has 0 aliphatic heterocycles. The normalized spacial score (nSPS) is 46.4. The Bertz CT molecular complexity index is 457. The summed E-state index contributed by atoms with van der Waals surface area (Å²) in [5.41, 5.74) is -0.112. The molecule has 0 bridgehead atoms. The minimum Gasteiger partial charge on any atom is -0.469 e. The summed E-state index contributed by atoms with van der Waals surface area (Å²) in [4.78, 5) is 24.2. The molecule has 3 rings (SSSR count). The second-order valence-electron chi connectivity index (χ2n) is 8.05. The van der Waals surface area contributed by atoms with Crippen LogP contribution in [0, 0.1) is 28.6 Å². The van der Waals surface area contributed by atoms with Crippen molar-refractivity contribution < 1.29 is 14.3 Å². The van der Waals surface area contributed by atoms with E-state index in [0.717, 1.165) is 44.9 Å². The Morgan fingerprint density at radius 2 is 1.95 bits per heavy atom. The maximum Gasteiger partial charge on any atom is 0.311 e. The van der Waals surface area contributed by atoms with E-state index in [1.807, 2.05) is 0 Å². The Hall–Kier alpha value is -0.860. The van der Waals surface area contributed by atoms with Gasteiger partial charge in [-0.25, -0.2) is 0 Å². The van der Waals surface area contributed by atoms with E-state index < -0.39 is 0 Å². The van der Waals surface area contributed by atoms with E-state index in [1.165, 1.54) is 13.5 Å². The number of hydrogen-bond donors (Lipinski definition) is 0. The van der Waals surface area contributed by atoms with Gasteiger partial charge in [0.1, 0.15) is 5.78 Å². The average Bonchev–Trinajstić information content (AvgIpc) is 2.45. The van der Waals surface area contributed by atoms with E-state index in [4.69, 9.17) is 4.74 Å². The fourth-order valence-corrected chi connectivity index (χ4v) is 6.12. The lowest BCUT2D eigenvalue weighted by Gasteiger charge is -2.60. The first kappa shape index (κ1) is 15.1. The molecule has 3 nitrogen and oxygen atoms in total. The van der Waals surface area contributed by atoms with Crippen LogP contribution in [0.15, 0.2) is 0 Å². The molecule has 3 heteroatoms. The van der Waals surface area contributed by atoms with E-state index in [-0.39, 0.29) is 16.8 Å². The zero-order valence-corrected chi connectivity index (χ0v) is 13.6. The highest BCUT2D eigenvalue weighted by Gasteiger charge is 2.59. The highest BCUT2D eigenvalue weighted by Crippen LogP contribution is 2.63. The van der Waals surface area contributed by atoms with Crippen LogP contribution in [0.1, 0.15) is 65.2 Å². The van der Waals surface area contributed by atoms with Gasteiger partial charge < -0.3 is 4.74 Å². The summed E-state index contributed by atoms with van der Waals surface area (Å²) in [5, 5.41) is 0. The first-order valence-electron chi connectivity index (χ1n) is 8.52. The van der Waals surface area contributed by atoms with Crippen molar-refractivity contribution in [1.29, 1.82) is 0 Å². The van der Waals surface area contributed by atoms with Gasteiger partial charge in [-0.15, -0.1) is 0 Å². The van der Waals surface area contributed by atoms with Crippen molar-refractivity contribution >= 4 is 11.8 Å². The highest BCUT2D eigenvalue weighted by molar-refractivity contribution is 5.79. The molecule has 5 atom stereocenters. The maximum atomic E-state index is 12.4. The van der Waals surface area contributed by atoms with Crippen LogP contribution in [0.2, 0.25) is 0 Å². The number of ether oxygens (including phenoxy) is 1. The van der Waals surface area contributed by atoms with Gasteiger partial charge in [0.15, 0.2) is 0 Å². The van der Waals surface area contributed by atoms with E-state index in [1.54, 1.807) is 0 Å². The molecule has 0 radical (unpaired) electrons. The van der Waals surface area contributed by atoms with Crippen LogP contribution >= 0.6 is 0 Å². The van der Waals surface area contributed by atoms with Crippen molar-refractivity contribution in [1.82, 2.24) is 0 Å². The Labute approximate surface area is 127 Å². The molecule has 3 aliphatic carbocycles. The Morgan fingerprint density at radius 3 is 2.67 bits per heavy atom. The largest absolute Gasteiger partial charge is 0.469 e. The van der Waals surface area contributed by atoms with Crippen LogP contribution in [0.4, 0.5) is 0 Å². The lowest BCUT2D eigenvalue weighted by atomic mass is 9.44. The Balaban J connectivity index is 1.92. The van der Waals surface area contributed by atoms with Crippen LogP contribution in [-0.2, 0) is 14.3 Å². The van der Waals surface area contributed by atoms with Gasteiger partial charge in [-0.1, -0.05) is 13.3 Å². The van der Waals surface area contributed by atoms with Crippen LogP contribution in [0.5, 0.6) is 0 Å². The lowest BCUT2D eigenvalue weighted by molar-refractivity contribution is -0.175. The van der Waals surface area contributed by atoms with Gasteiger partial charge in [-0.2, -0.15) is 0 Å². The van der Waals surface area contributed by atoms with Crippen LogP contribution < -0.4 is 0 Å². The molecule has 0 heterocycles. The van der Waals surface area contributed by atoms with E-state index in [2.05, 4.69) is 13.8 Å². The molecule has 0 aromatic carbocycles. The zero-order valence-electron chi connectivity index (χ0n) is 13.6. The number of hydrogen-bond acceptors (Lipinski definition) is 3. The van der Waals surface area contributed by atoms with Gasteiger partial charge in [0.2, 0.25) is 0 Å². The van der Waals surface area contributed by atoms with Crippen molar-refractivity contribution in [2.45, 2.75) is 65.2 Å². The minimum absolute atomic E-state index is 0.0243. The number of ketones is 1. The number of carbonyl (C=O) groups is 2. The van der Waals surface area contributed by atoms with E-state index in [0.29, 0.717) is 23.5 Å². The van der Waals surface area contributed by atoms with Gasteiger partial charge in [0, 0.05) is 12.8 Å². The molecule has 0 saturated heterocycles. The SMILES string of the molecule is COC(=O)[C@]1(C)CCC[C@@]2(C)[C@H]1CC[C@H]1CC(=O)CC[C@@H]12. The van der Waals surface area contributed by atoms with Crippen LogP contribution in [0.3, 0.4) is 0 Å². The Morgan fingerprint density at radius 1 is 1.19 bits per heavy atom. The second kappa shape index (κ2) is 5.10. The van der Waals surface area contributed by atoms with E-state index in [9.17, 15) is 9.59 Å². The number of esters is 1. The van der Waals surface area contributed by atoms with Crippen molar-refractivity contribution in [2.24, 2.45) is 28.6 Å². The smallest absolute Gasteiger partial charge is 0.311 e. The number of methoxy groups -OCH3 is 1. The van der Waals surface area contributed by atoms with Gasteiger partial charge in [-0.05, 0) is 62.2 Å². The first-order valence-corrected chi connectivity index (χ1v) is 8.52. The summed E-state index contributed by atoms with van der Waals surface area (Å²) in [7, 11) is 1.52. The molecule has 0 unspecified atom stereocenters. The molecule has 21 heavy (non-hydrogen) atoms. The molecule has 0 amide bonds. The van der Waals surface area contributed by atoms with Gasteiger partial charge in [-0.3, -0.25) is 9.59 Å². The zero-order chi connectivity index (χ0) is 15.3. The van der Waals surface area contributed by atoms with Gasteiger partial charge in [0.25, 0.3) is 0 Å². The molecule has 0 aromatic rings. The Kier molecular flexibility index (Phi) is 3.66. The quantitative estimate of drug-likeness (QED) is 0.691. The molecular formula is C18H28O3. The molecule has 3 saturated carbocycles. The summed E-state index contributed by atoms with van der Waals surface area (Å²) in [5.74, 6) is 2.03. The molecule has 0 aromatic heterocycles. The van der Waals surface area contributed by atoms with E-state index >= 15 is 0 Å². The third kappa shape index (κ3) is 2.15. The summed E-state index contributed by atoms with van der Waals surface area (Å²) >= 11 is 0. The average molecular weight is 292 g/mol. The predicted octanol–water partition coefficient (Wildman–Crippen LogP) is 3.75. The highest BCUT2D eigenvalue weighted by atomic mass is 16.5. The molecule has 0 N–H and O–H groups in total. The summed E-state index contributed by atoms with van der Waals surface area (Å²) in [6, 6.07) is 0. The fourth-order valence-electron chi connectivity index (χ4n) is 6.12. The lowest BCUT2D eigenvalue weighted by Crippen LogP contribution is -2.56. The molecule has 118 valence electrons. The van der Waals surface area contributed by atoms with Crippen LogP contribution in [-0.4, -0.2) is 18.9 Å². The van der Waals surface area contributed by atoms with Crippen molar-refractivity contribution in [2.75, 3.05) is 7.11 Å². The topological polar surface area (TPSA) is 43.4 Å². The van der Waals surface area contributed by atoms with Crippen LogP contribution in [0.25, 0.3) is 0 Å². The standard InChI is InChI=1S/C18H28O3/c1-17-9-4-10-18(2,16(20)21-3)15(17)8-5-12-11-13(19)6-7-14(12)17/h12,14-15H,4-11H2,1-3H3/t12-,14-,15+,17+,18+/m0/s1. The molecule has 0 spiro atoms. The van der Waals surface area contributed by atoms with Gasteiger partial charge >= 0.3 is 5.97 Å². The van der Waals surface area contributed by atoms with Gasteiger partial charge in [0.05, 0.1) is 12.5 Å². The summed E-state index contributed by atoms with van der Waals surface area (Å²) in [6.45, 7) is 4.51. The maximum absolute atomic E-state index is 12.4. The summed E-state index contributed by atoms with van der Waals surface area (Å²) < 4.78 is 5.15. The minimum atomic E-state index is -0.325. The number of Topliss-reactive ketones (excluding diaryl/α,β-unsaturated/α-hetero) is 1. The number of fused-ring (bicyclic) bond motifs is 3. The van der Waals surface area contributed by atoms with Crippen molar-refractivity contribution in [3.05, 3.63) is 0 Å². The molecular weight excluding hydrogens is 264 g/mol. The fraction of sp³-hybridized carbons (Fsp3) is 0.889. The molecule has 3 aliphatic rings. The third-order valence-electron chi connectivity index (χ3n) is 7.09. The number of carbonyl (C=O) groups excluding carboxylic acids is 2. The molecule has 3 fully saturated rings. The number of rotatable bonds is 1. The monoisotopic (exact) mass is 292 g/mol.